The number of alkyl halides is 1. The van der Waals surface area contributed by atoms with Gasteiger partial charge in [0, 0.05) is 5.88 Å². The third-order valence-corrected chi connectivity index (χ3v) is 3.73. The fraction of sp³-hybridized carbons (Fsp3) is 0.400. The number of hydrogen-bond donors (Lipinski definition) is 0. The standard InChI is InChI=1S/C10H9Cl3/c11-5-6-4-8(6)7-2-1-3-9(12)10(7)13/h1-3,6,8H,4-5H2. The van der Waals surface area contributed by atoms with Gasteiger partial charge in [-0.05, 0) is 29.9 Å². The molecule has 0 amide bonds. The van der Waals surface area contributed by atoms with Crippen LogP contribution >= 0.6 is 34.8 Å². The molecule has 1 aromatic rings. The molecule has 0 N–H and O–H groups in total. The van der Waals surface area contributed by atoms with E-state index in [1.807, 2.05) is 18.2 Å². The molecule has 2 rings (SSSR count). The maximum atomic E-state index is 6.08. The van der Waals surface area contributed by atoms with Gasteiger partial charge in [-0.3, -0.25) is 0 Å². The van der Waals surface area contributed by atoms with Gasteiger partial charge in [0.1, 0.15) is 0 Å². The van der Waals surface area contributed by atoms with Crippen molar-refractivity contribution in [3.8, 4) is 0 Å². The fourth-order valence-electron chi connectivity index (χ4n) is 1.61. The van der Waals surface area contributed by atoms with Crippen molar-refractivity contribution in [3.05, 3.63) is 33.8 Å². The quantitative estimate of drug-likeness (QED) is 0.669. The van der Waals surface area contributed by atoms with Crippen LogP contribution in [0.4, 0.5) is 0 Å². The van der Waals surface area contributed by atoms with E-state index in [2.05, 4.69) is 0 Å². The molecule has 70 valence electrons. The Morgan fingerprint density at radius 2 is 2.08 bits per heavy atom. The second-order valence-electron chi connectivity index (χ2n) is 3.40. The molecule has 2 atom stereocenters. The SMILES string of the molecule is ClCC1CC1c1cccc(Cl)c1Cl. The second kappa shape index (κ2) is 3.68. The Morgan fingerprint density at radius 1 is 1.31 bits per heavy atom. The first-order valence-corrected chi connectivity index (χ1v) is 5.53. The molecular formula is C10H9Cl3. The summed E-state index contributed by atoms with van der Waals surface area (Å²) in [6.45, 7) is 0. The molecule has 0 radical (unpaired) electrons. The van der Waals surface area contributed by atoms with E-state index >= 15 is 0 Å². The zero-order chi connectivity index (χ0) is 9.42. The minimum atomic E-state index is 0.531. The average molecular weight is 236 g/mol. The molecule has 1 aliphatic carbocycles. The molecule has 2 unspecified atom stereocenters. The Hall–Kier alpha value is 0.0900. The van der Waals surface area contributed by atoms with E-state index in [1.54, 1.807) is 0 Å². The van der Waals surface area contributed by atoms with Crippen molar-refractivity contribution >= 4 is 34.8 Å². The van der Waals surface area contributed by atoms with Gasteiger partial charge in [-0.25, -0.2) is 0 Å². The van der Waals surface area contributed by atoms with Crippen LogP contribution in [0.5, 0.6) is 0 Å². The van der Waals surface area contributed by atoms with Crippen molar-refractivity contribution in [2.75, 3.05) is 5.88 Å². The van der Waals surface area contributed by atoms with Crippen molar-refractivity contribution in [1.29, 1.82) is 0 Å². The molecule has 0 aromatic heterocycles. The van der Waals surface area contributed by atoms with Gasteiger partial charge in [-0.1, -0.05) is 35.3 Å². The predicted octanol–water partition coefficient (Wildman–Crippen LogP) is 4.34. The van der Waals surface area contributed by atoms with E-state index in [0.29, 0.717) is 27.8 Å². The summed E-state index contributed by atoms with van der Waals surface area (Å²) in [7, 11) is 0. The van der Waals surface area contributed by atoms with Crippen molar-refractivity contribution in [3.63, 3.8) is 0 Å². The van der Waals surface area contributed by atoms with E-state index in [9.17, 15) is 0 Å². The van der Waals surface area contributed by atoms with E-state index in [4.69, 9.17) is 34.8 Å². The Labute approximate surface area is 92.8 Å². The molecule has 1 aromatic carbocycles. The lowest BCUT2D eigenvalue weighted by atomic mass is 10.1. The maximum absolute atomic E-state index is 6.08. The molecule has 13 heavy (non-hydrogen) atoms. The highest BCUT2D eigenvalue weighted by atomic mass is 35.5. The van der Waals surface area contributed by atoms with Gasteiger partial charge in [-0.15, -0.1) is 11.6 Å². The number of benzene rings is 1. The van der Waals surface area contributed by atoms with Crippen molar-refractivity contribution in [2.24, 2.45) is 5.92 Å². The first-order chi connectivity index (χ1) is 6.24. The summed E-state index contributed by atoms with van der Waals surface area (Å²) in [5.41, 5.74) is 1.15. The highest BCUT2D eigenvalue weighted by Crippen LogP contribution is 2.50. The van der Waals surface area contributed by atoms with Crippen LogP contribution in [0.3, 0.4) is 0 Å². The minimum absolute atomic E-state index is 0.531. The van der Waals surface area contributed by atoms with Gasteiger partial charge in [0.15, 0.2) is 0 Å². The molecule has 0 spiro atoms. The lowest BCUT2D eigenvalue weighted by Gasteiger charge is -2.03. The first-order valence-electron chi connectivity index (χ1n) is 4.24. The van der Waals surface area contributed by atoms with E-state index in [0.717, 1.165) is 12.0 Å². The summed E-state index contributed by atoms with van der Waals surface area (Å²) >= 11 is 17.7. The van der Waals surface area contributed by atoms with Gasteiger partial charge in [0.2, 0.25) is 0 Å². The van der Waals surface area contributed by atoms with Crippen LogP contribution in [0, 0.1) is 5.92 Å². The topological polar surface area (TPSA) is 0 Å². The van der Waals surface area contributed by atoms with Gasteiger partial charge < -0.3 is 0 Å². The molecule has 1 fully saturated rings. The monoisotopic (exact) mass is 234 g/mol. The van der Waals surface area contributed by atoms with Gasteiger partial charge >= 0.3 is 0 Å². The highest BCUT2D eigenvalue weighted by Gasteiger charge is 2.38. The van der Waals surface area contributed by atoms with Crippen molar-refractivity contribution < 1.29 is 0 Å². The smallest absolute Gasteiger partial charge is 0.0627 e. The number of hydrogen-bond acceptors (Lipinski definition) is 0. The highest BCUT2D eigenvalue weighted by molar-refractivity contribution is 6.42. The maximum Gasteiger partial charge on any atom is 0.0627 e. The normalized spacial score (nSPS) is 26.1. The van der Waals surface area contributed by atoms with Crippen LogP contribution in [0.15, 0.2) is 18.2 Å². The zero-order valence-electron chi connectivity index (χ0n) is 6.93. The predicted molar refractivity (Wildman–Crippen MR) is 58.0 cm³/mol. The second-order valence-corrected chi connectivity index (χ2v) is 4.49. The lowest BCUT2D eigenvalue weighted by Crippen LogP contribution is -1.86. The van der Waals surface area contributed by atoms with Gasteiger partial charge in [0.25, 0.3) is 0 Å². The molecule has 0 heterocycles. The van der Waals surface area contributed by atoms with Crippen LogP contribution in [0.25, 0.3) is 0 Å². The molecule has 1 saturated carbocycles. The van der Waals surface area contributed by atoms with E-state index < -0.39 is 0 Å². The van der Waals surface area contributed by atoms with Crippen molar-refractivity contribution in [2.45, 2.75) is 12.3 Å². The molecule has 0 nitrogen and oxygen atoms in total. The van der Waals surface area contributed by atoms with E-state index in [-0.39, 0.29) is 0 Å². The summed E-state index contributed by atoms with van der Waals surface area (Å²) in [5.74, 6) is 1.84. The van der Waals surface area contributed by atoms with Crippen LogP contribution in [0.1, 0.15) is 17.9 Å². The summed E-state index contributed by atoms with van der Waals surface area (Å²) in [4.78, 5) is 0. The van der Waals surface area contributed by atoms with Crippen LogP contribution in [-0.4, -0.2) is 5.88 Å². The zero-order valence-corrected chi connectivity index (χ0v) is 9.20. The van der Waals surface area contributed by atoms with Crippen LogP contribution in [0.2, 0.25) is 10.0 Å². The summed E-state index contributed by atoms with van der Waals surface area (Å²) < 4.78 is 0. The molecule has 0 saturated heterocycles. The number of halogens is 3. The Balaban J connectivity index is 2.27. The Morgan fingerprint density at radius 3 is 2.69 bits per heavy atom. The fourth-order valence-corrected chi connectivity index (χ4v) is 2.39. The molecule has 3 heteroatoms. The van der Waals surface area contributed by atoms with E-state index in [1.165, 1.54) is 0 Å². The van der Waals surface area contributed by atoms with Crippen molar-refractivity contribution in [1.82, 2.24) is 0 Å². The summed E-state index contributed by atoms with van der Waals surface area (Å²) in [5, 5.41) is 1.33. The lowest BCUT2D eigenvalue weighted by molar-refractivity contribution is 0.923. The Bertz CT molecular complexity index is 322. The third-order valence-electron chi connectivity index (χ3n) is 2.50. The minimum Gasteiger partial charge on any atom is -0.126 e. The third kappa shape index (κ3) is 1.81. The first kappa shape index (κ1) is 9.64. The summed E-state index contributed by atoms with van der Waals surface area (Å²) in [6.07, 6.45) is 1.14. The number of rotatable bonds is 2. The average Bonchev–Trinajstić information content (AvgIpc) is 2.89. The molecule has 1 aliphatic rings. The van der Waals surface area contributed by atoms with Crippen LogP contribution in [-0.2, 0) is 0 Å². The van der Waals surface area contributed by atoms with Gasteiger partial charge in [-0.2, -0.15) is 0 Å². The molecule has 0 aliphatic heterocycles. The molecular weight excluding hydrogens is 226 g/mol. The van der Waals surface area contributed by atoms with Gasteiger partial charge in [0.05, 0.1) is 10.0 Å². The van der Waals surface area contributed by atoms with Crippen LogP contribution < -0.4 is 0 Å². The largest absolute Gasteiger partial charge is 0.126 e. The Kier molecular flexibility index (Phi) is 2.73. The summed E-state index contributed by atoms with van der Waals surface area (Å²) in [6, 6.07) is 5.78. The molecule has 0 bridgehead atoms.